The van der Waals surface area contributed by atoms with Crippen LogP contribution in [0.15, 0.2) is 88.7 Å². The predicted octanol–water partition coefficient (Wildman–Crippen LogP) is 4.13. The molecule has 1 N–H and O–H groups in total. The van der Waals surface area contributed by atoms with Crippen molar-refractivity contribution >= 4 is 15.8 Å². The molecule has 0 saturated carbocycles. The van der Waals surface area contributed by atoms with E-state index in [2.05, 4.69) is 0 Å². The number of ether oxygens (including phenoxy) is 2. The van der Waals surface area contributed by atoms with Gasteiger partial charge in [-0.3, -0.25) is 4.79 Å². The van der Waals surface area contributed by atoms with Crippen LogP contribution in [0.5, 0.6) is 11.5 Å². The lowest BCUT2D eigenvalue weighted by molar-refractivity contribution is -0.140. The molecule has 3 aromatic carbocycles. The zero-order chi connectivity index (χ0) is 20.9. The number of methoxy groups -OCH3 is 1. The van der Waals surface area contributed by atoms with Crippen LogP contribution in [0.4, 0.5) is 0 Å². The van der Waals surface area contributed by atoms with Crippen molar-refractivity contribution in [3.05, 3.63) is 84.4 Å². The molecule has 0 aliphatic rings. The second-order valence-corrected chi connectivity index (χ2v) is 8.23. The van der Waals surface area contributed by atoms with Crippen LogP contribution in [0.2, 0.25) is 0 Å². The van der Waals surface area contributed by atoms with Crippen LogP contribution in [-0.2, 0) is 19.4 Å². The molecule has 0 saturated heterocycles. The van der Waals surface area contributed by atoms with Crippen molar-refractivity contribution in [2.75, 3.05) is 13.7 Å². The van der Waals surface area contributed by atoms with Gasteiger partial charge in [-0.05, 0) is 36.4 Å². The summed E-state index contributed by atoms with van der Waals surface area (Å²) < 4.78 is 36.6. The summed E-state index contributed by atoms with van der Waals surface area (Å²) in [5.74, 6) is -1.34. The third-order valence-electron chi connectivity index (χ3n) is 4.32. The maximum atomic E-state index is 12.8. The summed E-state index contributed by atoms with van der Waals surface area (Å²) in [4.78, 5) is 11.9. The van der Waals surface area contributed by atoms with Crippen molar-refractivity contribution in [1.82, 2.24) is 0 Å². The van der Waals surface area contributed by atoms with Gasteiger partial charge in [-0.15, -0.1) is 0 Å². The van der Waals surface area contributed by atoms with E-state index >= 15 is 0 Å². The fraction of sp³-hybridized carbons (Fsp3) is 0.136. The Labute approximate surface area is 169 Å². The average molecular weight is 412 g/mol. The lowest BCUT2D eigenvalue weighted by Crippen LogP contribution is -2.17. The molecule has 0 heterocycles. The maximum Gasteiger partial charge on any atom is 0.313 e. The Balaban J connectivity index is 1.95. The number of carbonyl (C=O) groups is 1. The third-order valence-corrected chi connectivity index (χ3v) is 6.09. The number of hydrogen-bond donors (Lipinski definition) is 1. The fourth-order valence-electron chi connectivity index (χ4n) is 2.89. The topological polar surface area (TPSA) is 89.9 Å². The maximum absolute atomic E-state index is 12.8. The Morgan fingerprint density at radius 2 is 1.59 bits per heavy atom. The molecule has 150 valence electrons. The zero-order valence-electron chi connectivity index (χ0n) is 15.7. The average Bonchev–Trinajstić information content (AvgIpc) is 2.73. The van der Waals surface area contributed by atoms with Crippen molar-refractivity contribution < 1.29 is 27.8 Å². The number of aliphatic carboxylic acids is 1. The summed E-state index contributed by atoms with van der Waals surface area (Å²) in [6, 6.07) is 20.9. The summed E-state index contributed by atoms with van der Waals surface area (Å²) in [5, 5.41) is 9.51. The molecule has 6 nitrogen and oxygen atoms in total. The molecule has 0 aliphatic heterocycles. The van der Waals surface area contributed by atoms with Gasteiger partial charge in [0.25, 0.3) is 0 Å². The van der Waals surface area contributed by atoms with Crippen LogP contribution >= 0.6 is 0 Å². The molecule has 1 unspecified atom stereocenters. The Hall–Kier alpha value is -3.16. The van der Waals surface area contributed by atoms with E-state index in [0.717, 1.165) is 0 Å². The number of rotatable bonds is 8. The van der Waals surface area contributed by atoms with Gasteiger partial charge < -0.3 is 14.6 Å². The van der Waals surface area contributed by atoms with Gasteiger partial charge in [0.2, 0.25) is 9.84 Å². The van der Waals surface area contributed by atoms with Crippen molar-refractivity contribution in [2.45, 2.75) is 15.7 Å². The molecule has 1 atom stereocenters. The summed E-state index contributed by atoms with van der Waals surface area (Å²) >= 11 is 0. The molecule has 29 heavy (non-hydrogen) atoms. The SMILES string of the molecule is COCC(C(=O)O)c1ccccc1Oc1cccc(S(=O)(=O)c2ccccc2)c1. The first-order chi connectivity index (χ1) is 13.9. The van der Waals surface area contributed by atoms with Gasteiger partial charge in [0.05, 0.1) is 16.4 Å². The van der Waals surface area contributed by atoms with Crippen LogP contribution < -0.4 is 4.74 Å². The molecule has 0 spiro atoms. The second kappa shape index (κ2) is 8.89. The zero-order valence-corrected chi connectivity index (χ0v) is 16.5. The number of para-hydroxylation sites is 1. The highest BCUT2D eigenvalue weighted by Crippen LogP contribution is 2.32. The van der Waals surface area contributed by atoms with Gasteiger partial charge in [0.15, 0.2) is 0 Å². The number of hydrogen-bond acceptors (Lipinski definition) is 5. The van der Waals surface area contributed by atoms with E-state index in [0.29, 0.717) is 11.3 Å². The fourth-order valence-corrected chi connectivity index (χ4v) is 4.21. The van der Waals surface area contributed by atoms with Crippen LogP contribution in [0.1, 0.15) is 11.5 Å². The number of carboxylic acids is 1. The Morgan fingerprint density at radius 3 is 2.28 bits per heavy atom. The molecule has 3 aromatic rings. The molecule has 3 rings (SSSR count). The summed E-state index contributed by atoms with van der Waals surface area (Å²) in [7, 11) is -2.27. The lowest BCUT2D eigenvalue weighted by Gasteiger charge is -2.17. The van der Waals surface area contributed by atoms with Crippen molar-refractivity contribution in [1.29, 1.82) is 0 Å². The van der Waals surface area contributed by atoms with Gasteiger partial charge in [0.1, 0.15) is 17.4 Å². The van der Waals surface area contributed by atoms with Crippen LogP contribution in [0.3, 0.4) is 0 Å². The van der Waals surface area contributed by atoms with Crippen LogP contribution in [0.25, 0.3) is 0 Å². The van der Waals surface area contributed by atoms with Crippen LogP contribution in [0, 0.1) is 0 Å². The minimum atomic E-state index is -3.70. The van der Waals surface area contributed by atoms with E-state index in [4.69, 9.17) is 9.47 Å². The molecule has 0 aromatic heterocycles. The van der Waals surface area contributed by atoms with E-state index in [1.54, 1.807) is 54.6 Å². The highest BCUT2D eigenvalue weighted by molar-refractivity contribution is 7.91. The summed E-state index contributed by atoms with van der Waals surface area (Å²) in [5.41, 5.74) is 0.443. The Morgan fingerprint density at radius 1 is 0.931 bits per heavy atom. The minimum Gasteiger partial charge on any atom is -0.481 e. The van der Waals surface area contributed by atoms with E-state index in [1.807, 2.05) is 0 Å². The minimum absolute atomic E-state index is 0.0157. The van der Waals surface area contributed by atoms with Crippen LogP contribution in [-0.4, -0.2) is 33.2 Å². The van der Waals surface area contributed by atoms with Crippen molar-refractivity contribution in [2.24, 2.45) is 0 Å². The molecule has 0 amide bonds. The normalized spacial score (nSPS) is 12.3. The molecular formula is C22H20O6S. The van der Waals surface area contributed by atoms with Gasteiger partial charge in [-0.25, -0.2) is 8.42 Å². The standard InChI is InChI=1S/C22H20O6S/c1-27-15-20(22(23)24)19-12-5-6-13-21(19)28-16-8-7-11-18(14-16)29(25,26)17-9-3-2-4-10-17/h2-14,20H,15H2,1H3,(H,23,24). The Kier molecular flexibility index (Phi) is 6.31. The van der Waals surface area contributed by atoms with E-state index in [-0.39, 0.29) is 22.1 Å². The van der Waals surface area contributed by atoms with Gasteiger partial charge in [0, 0.05) is 12.7 Å². The van der Waals surface area contributed by atoms with Gasteiger partial charge in [-0.1, -0.05) is 42.5 Å². The smallest absolute Gasteiger partial charge is 0.313 e. The Bertz CT molecular complexity index is 1090. The largest absolute Gasteiger partial charge is 0.481 e. The number of carboxylic acid groups (broad SMARTS) is 1. The first-order valence-corrected chi connectivity index (χ1v) is 10.3. The van der Waals surface area contributed by atoms with E-state index < -0.39 is 21.7 Å². The van der Waals surface area contributed by atoms with E-state index in [1.165, 1.54) is 31.4 Å². The van der Waals surface area contributed by atoms with Gasteiger partial charge >= 0.3 is 5.97 Å². The molecule has 0 aliphatic carbocycles. The van der Waals surface area contributed by atoms with Crippen molar-refractivity contribution in [3.63, 3.8) is 0 Å². The third kappa shape index (κ3) is 4.64. The van der Waals surface area contributed by atoms with Crippen molar-refractivity contribution in [3.8, 4) is 11.5 Å². The summed E-state index contributed by atoms with van der Waals surface area (Å²) in [6.45, 7) is -0.0157. The molecule has 7 heteroatoms. The van der Waals surface area contributed by atoms with Gasteiger partial charge in [-0.2, -0.15) is 0 Å². The highest BCUT2D eigenvalue weighted by Gasteiger charge is 2.24. The summed E-state index contributed by atoms with van der Waals surface area (Å²) in [6.07, 6.45) is 0. The molecule has 0 radical (unpaired) electrons. The molecule has 0 bridgehead atoms. The molecular weight excluding hydrogens is 392 g/mol. The van der Waals surface area contributed by atoms with E-state index in [9.17, 15) is 18.3 Å². The quantitative estimate of drug-likeness (QED) is 0.598. The lowest BCUT2D eigenvalue weighted by atomic mass is 9.99. The highest BCUT2D eigenvalue weighted by atomic mass is 32.2. The first kappa shape index (κ1) is 20.6. The first-order valence-electron chi connectivity index (χ1n) is 8.82. The number of sulfone groups is 1. The predicted molar refractivity (Wildman–Crippen MR) is 107 cm³/mol. The monoisotopic (exact) mass is 412 g/mol. The second-order valence-electron chi connectivity index (χ2n) is 6.28. The number of benzene rings is 3. The molecule has 0 fully saturated rings.